The van der Waals surface area contributed by atoms with Gasteiger partial charge in [0.2, 0.25) is 0 Å². The summed E-state index contributed by atoms with van der Waals surface area (Å²) in [4.78, 5) is 12.7. The van der Waals surface area contributed by atoms with E-state index < -0.39 is 4.92 Å². The second-order valence-electron chi connectivity index (χ2n) is 6.89. The number of rotatable bonds is 4. The van der Waals surface area contributed by atoms with Gasteiger partial charge in [0.1, 0.15) is 11.6 Å². The SMILES string of the molecule is O=[N+]([O-])c1ccc(CN2CCC(c3nnc4n3CCNC4)CC2)c(Cl)c1. The first kappa shape index (κ1) is 17.4. The van der Waals surface area contributed by atoms with Gasteiger partial charge in [-0.05, 0) is 37.6 Å². The summed E-state index contributed by atoms with van der Waals surface area (Å²) < 4.78 is 2.27. The second-order valence-corrected chi connectivity index (χ2v) is 7.29. The Kier molecular flexibility index (Phi) is 4.88. The van der Waals surface area contributed by atoms with Gasteiger partial charge < -0.3 is 9.88 Å². The molecular formula is C17H21ClN6O2. The van der Waals surface area contributed by atoms with E-state index in [2.05, 4.69) is 25.0 Å². The molecule has 26 heavy (non-hydrogen) atoms. The maximum absolute atomic E-state index is 10.8. The molecule has 0 bridgehead atoms. The molecule has 1 N–H and O–H groups in total. The topological polar surface area (TPSA) is 89.1 Å². The Labute approximate surface area is 156 Å². The van der Waals surface area contributed by atoms with Gasteiger partial charge in [-0.25, -0.2) is 0 Å². The molecule has 2 aromatic rings. The van der Waals surface area contributed by atoms with Gasteiger partial charge in [-0.1, -0.05) is 11.6 Å². The predicted molar refractivity (Wildman–Crippen MR) is 97.1 cm³/mol. The Bertz CT molecular complexity index is 816. The summed E-state index contributed by atoms with van der Waals surface area (Å²) in [6.45, 7) is 5.33. The average molecular weight is 377 g/mol. The smallest absolute Gasteiger partial charge is 0.270 e. The number of aromatic nitrogens is 3. The molecule has 0 amide bonds. The van der Waals surface area contributed by atoms with Crippen molar-refractivity contribution >= 4 is 17.3 Å². The van der Waals surface area contributed by atoms with Crippen molar-refractivity contribution in [2.45, 2.75) is 38.4 Å². The molecule has 0 saturated carbocycles. The van der Waals surface area contributed by atoms with Crippen LogP contribution in [0.1, 0.15) is 36.0 Å². The summed E-state index contributed by atoms with van der Waals surface area (Å²) in [5, 5.41) is 23.4. The van der Waals surface area contributed by atoms with Gasteiger partial charge in [-0.2, -0.15) is 0 Å². The third-order valence-electron chi connectivity index (χ3n) is 5.25. The number of benzene rings is 1. The lowest BCUT2D eigenvalue weighted by molar-refractivity contribution is -0.384. The van der Waals surface area contributed by atoms with Crippen LogP contribution in [0.3, 0.4) is 0 Å². The van der Waals surface area contributed by atoms with Gasteiger partial charge in [0.15, 0.2) is 0 Å². The first-order valence-electron chi connectivity index (χ1n) is 8.89. The van der Waals surface area contributed by atoms with Crippen molar-refractivity contribution in [2.24, 2.45) is 0 Å². The molecule has 0 radical (unpaired) electrons. The third kappa shape index (κ3) is 3.44. The standard InChI is InChI=1S/C17H21ClN6O2/c18-15-9-14(24(25)26)2-1-13(15)11-22-6-3-12(4-7-22)17-21-20-16-10-19-5-8-23(16)17/h1-2,9,12,19H,3-8,10-11H2. The summed E-state index contributed by atoms with van der Waals surface area (Å²) in [5.74, 6) is 2.60. The molecule has 1 aromatic carbocycles. The Morgan fingerprint density at radius 2 is 2.08 bits per heavy atom. The Balaban J connectivity index is 1.38. The first-order valence-corrected chi connectivity index (χ1v) is 9.27. The number of nitrogens with one attached hydrogen (secondary N) is 1. The summed E-state index contributed by atoms with van der Waals surface area (Å²) in [5.41, 5.74) is 0.963. The van der Waals surface area contributed by atoms with Crippen molar-refractivity contribution in [1.29, 1.82) is 0 Å². The summed E-state index contributed by atoms with van der Waals surface area (Å²) >= 11 is 6.22. The number of piperidine rings is 1. The fourth-order valence-corrected chi connectivity index (χ4v) is 4.02. The molecule has 9 heteroatoms. The van der Waals surface area contributed by atoms with Crippen molar-refractivity contribution < 1.29 is 4.92 Å². The minimum Gasteiger partial charge on any atom is -0.312 e. The number of nitrogens with zero attached hydrogens (tertiary/aromatic N) is 5. The van der Waals surface area contributed by atoms with Crippen molar-refractivity contribution in [3.8, 4) is 0 Å². The minimum absolute atomic E-state index is 0.0310. The number of hydrogen-bond donors (Lipinski definition) is 1. The predicted octanol–water partition coefficient (Wildman–Crippen LogP) is 2.32. The van der Waals surface area contributed by atoms with E-state index in [1.54, 1.807) is 6.07 Å². The van der Waals surface area contributed by atoms with Crippen LogP contribution in [0.5, 0.6) is 0 Å². The van der Waals surface area contributed by atoms with Gasteiger partial charge in [-0.15, -0.1) is 10.2 Å². The zero-order valence-corrected chi connectivity index (χ0v) is 15.2. The molecule has 138 valence electrons. The fourth-order valence-electron chi connectivity index (χ4n) is 3.78. The van der Waals surface area contributed by atoms with E-state index in [-0.39, 0.29) is 5.69 Å². The molecule has 1 saturated heterocycles. The monoisotopic (exact) mass is 376 g/mol. The van der Waals surface area contributed by atoms with Crippen LogP contribution in [0.15, 0.2) is 18.2 Å². The number of nitro benzene ring substituents is 1. The number of fused-ring (bicyclic) bond motifs is 1. The average Bonchev–Trinajstić information content (AvgIpc) is 3.08. The first-order chi connectivity index (χ1) is 12.6. The van der Waals surface area contributed by atoms with E-state index in [0.29, 0.717) is 17.5 Å². The zero-order valence-electron chi connectivity index (χ0n) is 14.4. The molecule has 0 atom stereocenters. The van der Waals surface area contributed by atoms with Gasteiger partial charge in [0.05, 0.1) is 16.5 Å². The Hall–Kier alpha value is -2.03. The Morgan fingerprint density at radius 3 is 2.81 bits per heavy atom. The van der Waals surface area contributed by atoms with Gasteiger partial charge in [0.25, 0.3) is 5.69 Å². The molecule has 4 rings (SSSR count). The van der Waals surface area contributed by atoms with Crippen LogP contribution in [0.4, 0.5) is 5.69 Å². The molecule has 3 heterocycles. The zero-order chi connectivity index (χ0) is 18.1. The molecule has 2 aliphatic heterocycles. The highest BCUT2D eigenvalue weighted by atomic mass is 35.5. The molecule has 8 nitrogen and oxygen atoms in total. The lowest BCUT2D eigenvalue weighted by atomic mass is 9.95. The van der Waals surface area contributed by atoms with E-state index in [0.717, 1.165) is 62.8 Å². The normalized spacial score (nSPS) is 18.7. The van der Waals surface area contributed by atoms with E-state index in [9.17, 15) is 10.1 Å². The van der Waals surface area contributed by atoms with Gasteiger partial charge >= 0.3 is 0 Å². The van der Waals surface area contributed by atoms with Crippen molar-refractivity contribution in [2.75, 3.05) is 19.6 Å². The third-order valence-corrected chi connectivity index (χ3v) is 5.60. The molecule has 0 unspecified atom stereocenters. The van der Waals surface area contributed by atoms with Crippen molar-refractivity contribution in [3.63, 3.8) is 0 Å². The molecule has 1 aromatic heterocycles. The highest BCUT2D eigenvalue weighted by molar-refractivity contribution is 6.31. The number of halogens is 1. The van der Waals surface area contributed by atoms with E-state index in [4.69, 9.17) is 11.6 Å². The van der Waals surface area contributed by atoms with Gasteiger partial charge in [-0.3, -0.25) is 15.0 Å². The lowest BCUT2D eigenvalue weighted by Crippen LogP contribution is -2.34. The number of likely N-dealkylation sites (tertiary alicyclic amines) is 1. The van der Waals surface area contributed by atoms with E-state index in [1.807, 2.05) is 0 Å². The molecule has 2 aliphatic rings. The lowest BCUT2D eigenvalue weighted by Gasteiger charge is -2.32. The molecule has 1 fully saturated rings. The maximum atomic E-state index is 10.8. The quantitative estimate of drug-likeness (QED) is 0.650. The highest BCUT2D eigenvalue weighted by Crippen LogP contribution is 2.30. The number of non-ortho nitro benzene ring substituents is 1. The summed E-state index contributed by atoms with van der Waals surface area (Å²) in [6, 6.07) is 4.71. The fraction of sp³-hybridized carbons (Fsp3) is 0.529. The second kappa shape index (κ2) is 7.30. The van der Waals surface area contributed by atoms with Crippen LogP contribution in [0, 0.1) is 10.1 Å². The minimum atomic E-state index is -0.421. The van der Waals surface area contributed by atoms with Crippen LogP contribution in [-0.4, -0.2) is 44.2 Å². The summed E-state index contributed by atoms with van der Waals surface area (Å²) in [7, 11) is 0. The van der Waals surface area contributed by atoms with Crippen LogP contribution in [0.25, 0.3) is 0 Å². The maximum Gasteiger partial charge on any atom is 0.270 e. The largest absolute Gasteiger partial charge is 0.312 e. The van der Waals surface area contributed by atoms with E-state index >= 15 is 0 Å². The molecule has 0 spiro atoms. The van der Waals surface area contributed by atoms with Crippen molar-refractivity contribution in [3.05, 3.63) is 50.5 Å². The van der Waals surface area contributed by atoms with Crippen LogP contribution < -0.4 is 5.32 Å². The molecular weight excluding hydrogens is 356 g/mol. The van der Waals surface area contributed by atoms with Crippen molar-refractivity contribution in [1.82, 2.24) is 25.0 Å². The molecule has 0 aliphatic carbocycles. The number of hydrogen-bond acceptors (Lipinski definition) is 6. The van der Waals surface area contributed by atoms with Crippen LogP contribution in [0.2, 0.25) is 5.02 Å². The van der Waals surface area contributed by atoms with Crippen LogP contribution in [-0.2, 0) is 19.6 Å². The summed E-state index contributed by atoms with van der Waals surface area (Å²) in [6.07, 6.45) is 2.08. The Morgan fingerprint density at radius 1 is 1.27 bits per heavy atom. The number of nitro groups is 1. The van der Waals surface area contributed by atoms with E-state index in [1.165, 1.54) is 12.1 Å². The van der Waals surface area contributed by atoms with Crippen LogP contribution >= 0.6 is 11.6 Å². The van der Waals surface area contributed by atoms with Gasteiger partial charge in [0, 0.05) is 37.7 Å². The highest BCUT2D eigenvalue weighted by Gasteiger charge is 2.27.